The number of thioether (sulfide) groups is 1. The highest BCUT2D eigenvalue weighted by atomic mass is 35.5. The predicted molar refractivity (Wildman–Crippen MR) is 54.8 cm³/mol. The summed E-state index contributed by atoms with van der Waals surface area (Å²) < 4.78 is 0. The summed E-state index contributed by atoms with van der Waals surface area (Å²) >= 11 is 6.83. The molecule has 0 saturated heterocycles. The summed E-state index contributed by atoms with van der Waals surface area (Å²) in [4.78, 5) is 18.0. The number of hydrogen-bond donors (Lipinski definition) is 0. The van der Waals surface area contributed by atoms with Gasteiger partial charge in [0, 0.05) is 18.8 Å². The van der Waals surface area contributed by atoms with E-state index in [2.05, 4.69) is 9.89 Å². The Morgan fingerprint density at radius 3 is 3.08 bits per heavy atom. The van der Waals surface area contributed by atoms with E-state index in [0.717, 1.165) is 30.4 Å². The van der Waals surface area contributed by atoms with Gasteiger partial charge in [-0.25, -0.2) is 0 Å². The molecule has 2 rings (SSSR count). The van der Waals surface area contributed by atoms with Crippen molar-refractivity contribution in [3.8, 4) is 0 Å². The SMILES string of the molecule is CC1=C(C(=O)Cl)SC2=NCCCN21. The van der Waals surface area contributed by atoms with Gasteiger partial charge < -0.3 is 4.90 Å². The molecule has 0 aromatic heterocycles. The van der Waals surface area contributed by atoms with E-state index >= 15 is 0 Å². The minimum absolute atomic E-state index is 0.375. The van der Waals surface area contributed by atoms with Crippen LogP contribution in [-0.2, 0) is 4.79 Å². The molecule has 2 aliphatic heterocycles. The van der Waals surface area contributed by atoms with E-state index in [1.807, 2.05) is 6.92 Å². The summed E-state index contributed by atoms with van der Waals surface area (Å²) in [6.45, 7) is 3.72. The van der Waals surface area contributed by atoms with Gasteiger partial charge in [0.15, 0.2) is 5.17 Å². The lowest BCUT2D eigenvalue weighted by Gasteiger charge is -2.23. The Labute approximate surface area is 85.8 Å². The summed E-state index contributed by atoms with van der Waals surface area (Å²) in [7, 11) is 0. The molecule has 0 spiro atoms. The lowest BCUT2D eigenvalue weighted by atomic mass is 10.3. The fourth-order valence-corrected chi connectivity index (χ4v) is 2.72. The van der Waals surface area contributed by atoms with Gasteiger partial charge in [0.25, 0.3) is 5.24 Å². The number of fused-ring (bicyclic) bond motifs is 1. The molecule has 5 heteroatoms. The van der Waals surface area contributed by atoms with E-state index in [1.165, 1.54) is 11.8 Å². The molecular formula is C8H9ClN2OS. The zero-order valence-corrected chi connectivity index (χ0v) is 8.78. The number of allylic oxidation sites excluding steroid dienone is 2. The predicted octanol–water partition coefficient (Wildman–Crippen LogP) is 1.79. The van der Waals surface area contributed by atoms with Crippen LogP contribution in [0.5, 0.6) is 0 Å². The standard InChI is InChI=1S/C8H9ClN2OS/c1-5-6(7(9)12)13-8-10-3-2-4-11(5)8/h2-4H2,1H3. The van der Waals surface area contributed by atoms with E-state index in [9.17, 15) is 4.79 Å². The number of aliphatic imine (C=N–C) groups is 1. The van der Waals surface area contributed by atoms with Gasteiger partial charge in [-0.3, -0.25) is 9.79 Å². The first-order valence-corrected chi connectivity index (χ1v) is 5.30. The molecule has 0 saturated carbocycles. The quantitative estimate of drug-likeness (QED) is 0.627. The van der Waals surface area contributed by atoms with Crippen LogP contribution in [0.25, 0.3) is 0 Å². The fourth-order valence-electron chi connectivity index (χ4n) is 1.45. The minimum Gasteiger partial charge on any atom is -0.324 e. The van der Waals surface area contributed by atoms with Crippen LogP contribution in [0, 0.1) is 0 Å². The monoisotopic (exact) mass is 216 g/mol. The topological polar surface area (TPSA) is 32.7 Å². The van der Waals surface area contributed by atoms with Gasteiger partial charge in [-0.2, -0.15) is 0 Å². The van der Waals surface area contributed by atoms with Crippen molar-refractivity contribution >= 4 is 33.8 Å². The maximum atomic E-state index is 11.0. The summed E-state index contributed by atoms with van der Waals surface area (Å²) in [6.07, 6.45) is 1.05. The number of hydrogen-bond acceptors (Lipinski definition) is 4. The van der Waals surface area contributed by atoms with Crippen LogP contribution >= 0.6 is 23.4 Å². The summed E-state index contributed by atoms with van der Waals surface area (Å²) in [5.74, 6) is 0. The van der Waals surface area contributed by atoms with Gasteiger partial charge in [-0.15, -0.1) is 0 Å². The van der Waals surface area contributed by atoms with Gasteiger partial charge >= 0.3 is 0 Å². The summed E-state index contributed by atoms with van der Waals surface area (Å²) in [5, 5.41) is 0.548. The molecule has 3 nitrogen and oxygen atoms in total. The van der Waals surface area contributed by atoms with Gasteiger partial charge in [-0.1, -0.05) is 0 Å². The van der Waals surface area contributed by atoms with E-state index < -0.39 is 0 Å². The van der Waals surface area contributed by atoms with Crippen molar-refractivity contribution in [3.63, 3.8) is 0 Å². The molecule has 2 aliphatic rings. The third kappa shape index (κ3) is 1.48. The van der Waals surface area contributed by atoms with Gasteiger partial charge in [0.1, 0.15) is 0 Å². The van der Waals surface area contributed by atoms with E-state index in [1.54, 1.807) is 0 Å². The molecule has 0 aliphatic carbocycles. The zero-order valence-electron chi connectivity index (χ0n) is 7.21. The van der Waals surface area contributed by atoms with E-state index in [4.69, 9.17) is 11.6 Å². The normalized spacial score (nSPS) is 21.7. The number of rotatable bonds is 1. The lowest BCUT2D eigenvalue weighted by molar-refractivity contribution is -0.108. The largest absolute Gasteiger partial charge is 0.324 e. The van der Waals surface area contributed by atoms with Crippen molar-refractivity contribution in [1.29, 1.82) is 0 Å². The molecule has 13 heavy (non-hydrogen) atoms. The lowest BCUT2D eigenvalue weighted by Crippen LogP contribution is -2.28. The van der Waals surface area contributed by atoms with E-state index in [0.29, 0.717) is 4.91 Å². The molecule has 0 radical (unpaired) electrons. The Bertz CT molecular complexity index is 324. The Morgan fingerprint density at radius 2 is 2.46 bits per heavy atom. The molecule has 0 amide bonds. The average Bonchev–Trinajstić information content (AvgIpc) is 2.45. The second kappa shape index (κ2) is 3.35. The van der Waals surface area contributed by atoms with Crippen LogP contribution in [0.2, 0.25) is 0 Å². The molecule has 0 aromatic rings. The highest BCUT2D eigenvalue weighted by Crippen LogP contribution is 2.36. The molecule has 0 aromatic carbocycles. The molecule has 0 unspecified atom stereocenters. The van der Waals surface area contributed by atoms with Crippen molar-refractivity contribution < 1.29 is 4.79 Å². The molecule has 0 bridgehead atoms. The van der Waals surface area contributed by atoms with Crippen molar-refractivity contribution in [3.05, 3.63) is 10.6 Å². The van der Waals surface area contributed by atoms with Crippen LogP contribution in [0.3, 0.4) is 0 Å². The first-order valence-electron chi connectivity index (χ1n) is 4.10. The highest BCUT2D eigenvalue weighted by Gasteiger charge is 2.30. The Balaban J connectivity index is 2.33. The first-order chi connectivity index (χ1) is 6.20. The van der Waals surface area contributed by atoms with E-state index in [-0.39, 0.29) is 5.24 Å². The molecule has 2 heterocycles. The maximum absolute atomic E-state index is 11.0. The maximum Gasteiger partial charge on any atom is 0.260 e. The van der Waals surface area contributed by atoms with Crippen molar-refractivity contribution in [2.75, 3.05) is 13.1 Å². The Morgan fingerprint density at radius 1 is 1.69 bits per heavy atom. The Hall–Kier alpha value is -0.480. The molecular weight excluding hydrogens is 208 g/mol. The molecule has 70 valence electrons. The molecule has 0 fully saturated rings. The summed E-state index contributed by atoms with van der Waals surface area (Å²) in [6, 6.07) is 0. The molecule has 0 atom stereocenters. The number of carbonyl (C=O) groups excluding carboxylic acids is 1. The second-order valence-electron chi connectivity index (χ2n) is 2.96. The number of halogens is 1. The first kappa shape index (κ1) is 9.09. The smallest absolute Gasteiger partial charge is 0.260 e. The third-order valence-electron chi connectivity index (χ3n) is 2.12. The van der Waals surface area contributed by atoms with Gasteiger partial charge in [0.2, 0.25) is 0 Å². The number of nitrogens with zero attached hydrogens (tertiary/aromatic N) is 2. The Kier molecular flexibility index (Phi) is 2.34. The third-order valence-corrected chi connectivity index (χ3v) is 3.64. The summed E-state index contributed by atoms with van der Waals surface area (Å²) in [5.41, 5.74) is 0.948. The number of carbonyl (C=O) groups is 1. The zero-order chi connectivity index (χ0) is 9.42. The van der Waals surface area contributed by atoms with Crippen LogP contribution in [0.15, 0.2) is 15.6 Å². The van der Waals surface area contributed by atoms with Crippen LogP contribution in [-0.4, -0.2) is 28.4 Å². The molecule has 0 N–H and O–H groups in total. The highest BCUT2D eigenvalue weighted by molar-refractivity contribution is 8.18. The van der Waals surface area contributed by atoms with Crippen LogP contribution in [0.1, 0.15) is 13.3 Å². The fraction of sp³-hybridized carbons (Fsp3) is 0.500. The van der Waals surface area contributed by atoms with Crippen LogP contribution < -0.4 is 0 Å². The van der Waals surface area contributed by atoms with Crippen molar-refractivity contribution in [2.24, 2.45) is 4.99 Å². The van der Waals surface area contributed by atoms with Gasteiger partial charge in [-0.05, 0) is 36.7 Å². The van der Waals surface area contributed by atoms with Crippen molar-refractivity contribution in [1.82, 2.24) is 4.90 Å². The van der Waals surface area contributed by atoms with Gasteiger partial charge in [0.05, 0.1) is 4.91 Å². The van der Waals surface area contributed by atoms with Crippen LogP contribution in [0.4, 0.5) is 0 Å². The van der Waals surface area contributed by atoms with Crippen molar-refractivity contribution in [2.45, 2.75) is 13.3 Å². The average molecular weight is 217 g/mol. The number of amidine groups is 1. The minimum atomic E-state index is -0.375. The second-order valence-corrected chi connectivity index (χ2v) is 4.28.